The third-order valence-electron chi connectivity index (χ3n) is 2.46. The Bertz CT molecular complexity index is 518. The summed E-state index contributed by atoms with van der Waals surface area (Å²) in [6.45, 7) is 2.48. The van der Waals surface area contributed by atoms with Crippen molar-refractivity contribution in [3.05, 3.63) is 39.0 Å². The monoisotopic (exact) mass is 312 g/mol. The molecule has 5 heteroatoms. The molecule has 2 aromatic heterocycles. The number of nitrogens with zero attached hydrogens (tertiary/aromatic N) is 2. The van der Waals surface area contributed by atoms with Crippen LogP contribution in [-0.2, 0) is 13.0 Å². The van der Waals surface area contributed by atoms with Crippen LogP contribution < -0.4 is 0 Å². The quantitative estimate of drug-likeness (QED) is 0.791. The second kappa shape index (κ2) is 5.60. The van der Waals surface area contributed by atoms with E-state index >= 15 is 0 Å². The second-order valence-corrected chi connectivity index (χ2v) is 5.51. The SMILES string of the molecule is CCCc1nccn1CC(=O)c1sccc1Br. The Labute approximate surface area is 113 Å². The molecule has 0 aliphatic rings. The fourth-order valence-electron chi connectivity index (χ4n) is 1.65. The van der Waals surface area contributed by atoms with Gasteiger partial charge in [0.2, 0.25) is 0 Å². The van der Waals surface area contributed by atoms with Crippen molar-refractivity contribution in [3.8, 4) is 0 Å². The molecule has 90 valence electrons. The smallest absolute Gasteiger partial charge is 0.193 e. The molecule has 0 aliphatic carbocycles. The third kappa shape index (κ3) is 2.84. The summed E-state index contributed by atoms with van der Waals surface area (Å²) in [7, 11) is 0. The van der Waals surface area contributed by atoms with Gasteiger partial charge in [-0.25, -0.2) is 4.98 Å². The molecule has 2 rings (SSSR count). The minimum Gasteiger partial charge on any atom is -0.327 e. The normalized spacial score (nSPS) is 10.7. The van der Waals surface area contributed by atoms with Crippen LogP contribution in [0, 0.1) is 0 Å². The summed E-state index contributed by atoms with van der Waals surface area (Å²) in [6.07, 6.45) is 5.56. The van der Waals surface area contributed by atoms with Gasteiger partial charge in [-0.3, -0.25) is 4.79 Å². The molecular weight excluding hydrogens is 300 g/mol. The molecule has 17 heavy (non-hydrogen) atoms. The van der Waals surface area contributed by atoms with Crippen LogP contribution in [-0.4, -0.2) is 15.3 Å². The van der Waals surface area contributed by atoms with Crippen LogP contribution in [0.25, 0.3) is 0 Å². The van der Waals surface area contributed by atoms with Gasteiger partial charge >= 0.3 is 0 Å². The van der Waals surface area contributed by atoms with Crippen molar-refractivity contribution in [1.29, 1.82) is 0 Å². The number of hydrogen-bond donors (Lipinski definition) is 0. The highest BCUT2D eigenvalue weighted by molar-refractivity contribution is 9.10. The summed E-state index contributed by atoms with van der Waals surface area (Å²) in [6, 6.07) is 1.90. The zero-order valence-electron chi connectivity index (χ0n) is 9.52. The number of aromatic nitrogens is 2. The van der Waals surface area contributed by atoms with Crippen LogP contribution in [0.1, 0.15) is 28.8 Å². The van der Waals surface area contributed by atoms with E-state index in [9.17, 15) is 4.79 Å². The second-order valence-electron chi connectivity index (χ2n) is 3.74. The van der Waals surface area contributed by atoms with Crippen molar-refractivity contribution in [2.45, 2.75) is 26.3 Å². The number of aryl methyl sites for hydroxylation is 1. The molecule has 0 saturated carbocycles. The largest absolute Gasteiger partial charge is 0.327 e. The number of Topliss-reactive ketones (excluding diaryl/α,β-unsaturated/α-hetero) is 1. The Morgan fingerprint density at radius 3 is 3.06 bits per heavy atom. The number of thiophene rings is 1. The third-order valence-corrected chi connectivity index (χ3v) is 4.34. The molecule has 0 spiro atoms. The van der Waals surface area contributed by atoms with Crippen LogP contribution in [0.15, 0.2) is 28.3 Å². The highest BCUT2D eigenvalue weighted by atomic mass is 79.9. The van der Waals surface area contributed by atoms with Gasteiger partial charge in [0.15, 0.2) is 5.78 Å². The van der Waals surface area contributed by atoms with Gasteiger partial charge in [-0.05, 0) is 33.8 Å². The van der Waals surface area contributed by atoms with E-state index in [4.69, 9.17) is 0 Å². The number of hydrogen-bond acceptors (Lipinski definition) is 3. The Hall–Kier alpha value is -0.940. The van der Waals surface area contributed by atoms with E-state index in [0.717, 1.165) is 28.0 Å². The standard InChI is InChI=1S/C12H13BrN2OS/c1-2-3-11-14-5-6-15(11)8-10(16)12-9(13)4-7-17-12/h4-7H,2-3,8H2,1H3. The molecule has 0 saturated heterocycles. The Kier molecular flexibility index (Phi) is 4.12. The van der Waals surface area contributed by atoms with Gasteiger partial charge in [0, 0.05) is 23.3 Å². The molecule has 0 aromatic carbocycles. The number of halogens is 1. The molecule has 0 fully saturated rings. The molecule has 0 radical (unpaired) electrons. The number of imidazole rings is 1. The molecule has 0 unspecified atom stereocenters. The van der Waals surface area contributed by atoms with E-state index in [1.807, 2.05) is 22.2 Å². The fourth-order valence-corrected chi connectivity index (χ4v) is 3.18. The molecular formula is C12H13BrN2OS. The summed E-state index contributed by atoms with van der Waals surface area (Å²) >= 11 is 4.85. The average Bonchev–Trinajstić information content (AvgIpc) is 2.89. The number of ketones is 1. The lowest BCUT2D eigenvalue weighted by molar-refractivity contribution is 0.0974. The highest BCUT2D eigenvalue weighted by Gasteiger charge is 2.13. The highest BCUT2D eigenvalue weighted by Crippen LogP contribution is 2.23. The molecule has 0 N–H and O–H groups in total. The summed E-state index contributed by atoms with van der Waals surface area (Å²) in [5.41, 5.74) is 0. The lowest BCUT2D eigenvalue weighted by Crippen LogP contribution is -2.11. The van der Waals surface area contributed by atoms with E-state index in [2.05, 4.69) is 27.8 Å². The fraction of sp³-hybridized carbons (Fsp3) is 0.333. The van der Waals surface area contributed by atoms with Gasteiger partial charge in [0.05, 0.1) is 11.4 Å². The first-order valence-corrected chi connectivity index (χ1v) is 7.15. The first-order chi connectivity index (χ1) is 8.22. The van der Waals surface area contributed by atoms with Crippen LogP contribution in [0.3, 0.4) is 0 Å². The minimum absolute atomic E-state index is 0.127. The van der Waals surface area contributed by atoms with Gasteiger partial charge < -0.3 is 4.57 Å². The van der Waals surface area contributed by atoms with Gasteiger partial charge in [0.25, 0.3) is 0 Å². The maximum atomic E-state index is 12.1. The minimum atomic E-state index is 0.127. The zero-order valence-corrected chi connectivity index (χ0v) is 11.9. The predicted molar refractivity (Wildman–Crippen MR) is 72.6 cm³/mol. The summed E-state index contributed by atoms with van der Waals surface area (Å²) in [5.74, 6) is 1.11. The first kappa shape index (κ1) is 12.5. The lowest BCUT2D eigenvalue weighted by Gasteiger charge is -2.05. The van der Waals surface area contributed by atoms with Gasteiger partial charge in [-0.2, -0.15) is 0 Å². The molecule has 0 atom stereocenters. The molecule has 2 aromatic rings. The summed E-state index contributed by atoms with van der Waals surface area (Å²) in [5, 5.41) is 1.91. The van der Waals surface area contributed by atoms with E-state index in [-0.39, 0.29) is 5.78 Å². The summed E-state index contributed by atoms with van der Waals surface area (Å²) < 4.78 is 2.81. The number of carbonyl (C=O) groups is 1. The first-order valence-electron chi connectivity index (χ1n) is 5.48. The van der Waals surface area contributed by atoms with E-state index in [1.54, 1.807) is 6.20 Å². The predicted octanol–water partition coefficient (Wildman–Crippen LogP) is 3.54. The van der Waals surface area contributed by atoms with Crippen LogP contribution >= 0.6 is 27.3 Å². The van der Waals surface area contributed by atoms with Crippen LogP contribution in [0.5, 0.6) is 0 Å². The Morgan fingerprint density at radius 1 is 1.59 bits per heavy atom. The Morgan fingerprint density at radius 2 is 2.41 bits per heavy atom. The van der Waals surface area contributed by atoms with Gasteiger partial charge in [0.1, 0.15) is 5.82 Å². The average molecular weight is 313 g/mol. The maximum absolute atomic E-state index is 12.1. The van der Waals surface area contributed by atoms with Gasteiger partial charge in [-0.15, -0.1) is 11.3 Å². The summed E-state index contributed by atoms with van der Waals surface area (Å²) in [4.78, 5) is 17.1. The zero-order chi connectivity index (χ0) is 12.3. The molecule has 0 aliphatic heterocycles. The molecule has 0 bridgehead atoms. The Balaban J connectivity index is 2.13. The van der Waals surface area contributed by atoms with Crippen LogP contribution in [0.2, 0.25) is 0 Å². The van der Waals surface area contributed by atoms with Crippen LogP contribution in [0.4, 0.5) is 0 Å². The maximum Gasteiger partial charge on any atom is 0.193 e. The van der Waals surface area contributed by atoms with E-state index < -0.39 is 0 Å². The van der Waals surface area contributed by atoms with Crippen molar-refractivity contribution in [2.75, 3.05) is 0 Å². The van der Waals surface area contributed by atoms with Crippen molar-refractivity contribution in [1.82, 2.24) is 9.55 Å². The number of rotatable bonds is 5. The molecule has 2 heterocycles. The van der Waals surface area contributed by atoms with Crippen molar-refractivity contribution in [3.63, 3.8) is 0 Å². The molecule has 0 amide bonds. The van der Waals surface area contributed by atoms with Crippen molar-refractivity contribution >= 4 is 33.0 Å². The molecule has 3 nitrogen and oxygen atoms in total. The van der Waals surface area contributed by atoms with E-state index in [0.29, 0.717) is 6.54 Å². The topological polar surface area (TPSA) is 34.9 Å². The van der Waals surface area contributed by atoms with E-state index in [1.165, 1.54) is 11.3 Å². The number of carbonyl (C=O) groups excluding carboxylic acids is 1. The van der Waals surface area contributed by atoms with Gasteiger partial charge in [-0.1, -0.05) is 6.92 Å². The van der Waals surface area contributed by atoms with Crippen molar-refractivity contribution < 1.29 is 4.79 Å². The lowest BCUT2D eigenvalue weighted by atomic mass is 10.3. The van der Waals surface area contributed by atoms with Crippen molar-refractivity contribution in [2.24, 2.45) is 0 Å².